The first-order chi connectivity index (χ1) is 14.0. The number of benzene rings is 2. The highest BCUT2D eigenvalue weighted by Crippen LogP contribution is 2.17. The third-order valence-corrected chi connectivity index (χ3v) is 4.61. The molecule has 0 aliphatic rings. The molecule has 29 heavy (non-hydrogen) atoms. The monoisotopic (exact) mass is 390 g/mol. The van der Waals surface area contributed by atoms with Crippen LogP contribution in [0.4, 0.5) is 5.69 Å². The Morgan fingerprint density at radius 1 is 1.00 bits per heavy atom. The van der Waals surface area contributed by atoms with Crippen molar-refractivity contribution in [1.29, 1.82) is 0 Å². The van der Waals surface area contributed by atoms with E-state index < -0.39 is 0 Å². The van der Waals surface area contributed by atoms with E-state index in [2.05, 4.69) is 15.7 Å². The molecule has 0 aliphatic carbocycles. The molecule has 0 atom stereocenters. The molecule has 0 spiro atoms. The summed E-state index contributed by atoms with van der Waals surface area (Å²) in [7, 11) is 0. The maximum atomic E-state index is 12.7. The average molecular weight is 390 g/mol. The highest BCUT2D eigenvalue weighted by atomic mass is 16.2. The summed E-state index contributed by atoms with van der Waals surface area (Å²) in [4.78, 5) is 25.0. The molecule has 0 unspecified atom stereocenters. The van der Waals surface area contributed by atoms with E-state index in [1.807, 2.05) is 43.7 Å². The molecule has 2 aromatic carbocycles. The van der Waals surface area contributed by atoms with E-state index in [0.717, 1.165) is 23.4 Å². The molecule has 3 rings (SSSR count). The van der Waals surface area contributed by atoms with Crippen LogP contribution in [-0.4, -0.2) is 28.1 Å². The molecule has 1 aromatic heterocycles. The molecule has 3 aromatic rings. The Hall–Kier alpha value is -3.41. The molecule has 0 bridgehead atoms. The van der Waals surface area contributed by atoms with Crippen molar-refractivity contribution in [3.05, 3.63) is 82.7 Å². The number of amides is 2. The number of carbonyl (C=O) groups excluding carboxylic acids is 2. The van der Waals surface area contributed by atoms with Gasteiger partial charge in [0.1, 0.15) is 0 Å². The van der Waals surface area contributed by atoms with Crippen LogP contribution in [0.25, 0.3) is 0 Å². The topological polar surface area (TPSA) is 76.0 Å². The van der Waals surface area contributed by atoms with Crippen molar-refractivity contribution in [3.63, 3.8) is 0 Å². The van der Waals surface area contributed by atoms with Crippen LogP contribution < -0.4 is 10.6 Å². The van der Waals surface area contributed by atoms with Gasteiger partial charge in [0, 0.05) is 17.8 Å². The number of carbonyl (C=O) groups is 2. The van der Waals surface area contributed by atoms with Crippen molar-refractivity contribution in [2.45, 2.75) is 33.7 Å². The Bertz CT molecular complexity index is 1010. The molecule has 0 saturated heterocycles. The van der Waals surface area contributed by atoms with Gasteiger partial charge in [-0.25, -0.2) is 0 Å². The minimum Gasteiger partial charge on any atom is -0.352 e. The van der Waals surface area contributed by atoms with Gasteiger partial charge in [-0.2, -0.15) is 5.10 Å². The van der Waals surface area contributed by atoms with Crippen molar-refractivity contribution in [2.24, 2.45) is 0 Å². The predicted molar refractivity (Wildman–Crippen MR) is 114 cm³/mol. The van der Waals surface area contributed by atoms with Crippen LogP contribution in [0, 0.1) is 13.8 Å². The van der Waals surface area contributed by atoms with Gasteiger partial charge in [0.2, 0.25) is 0 Å². The van der Waals surface area contributed by atoms with Gasteiger partial charge in [-0.15, -0.1) is 0 Å². The van der Waals surface area contributed by atoms with Crippen molar-refractivity contribution >= 4 is 17.5 Å². The SMILES string of the molecule is CCCNC(=O)c1ccccc1NC(=O)c1ccc(Cn2nc(C)cc2C)cc1. The number of nitrogens with zero attached hydrogens (tertiary/aromatic N) is 2. The predicted octanol–water partition coefficient (Wildman–Crippen LogP) is 3.94. The molecule has 0 saturated carbocycles. The summed E-state index contributed by atoms with van der Waals surface area (Å²) < 4.78 is 1.94. The first-order valence-electron chi connectivity index (χ1n) is 9.76. The summed E-state index contributed by atoms with van der Waals surface area (Å²) in [6.07, 6.45) is 0.851. The van der Waals surface area contributed by atoms with E-state index in [1.165, 1.54) is 0 Å². The summed E-state index contributed by atoms with van der Waals surface area (Å²) in [5.74, 6) is -0.443. The third-order valence-electron chi connectivity index (χ3n) is 4.61. The highest BCUT2D eigenvalue weighted by molar-refractivity contribution is 6.09. The zero-order valence-corrected chi connectivity index (χ0v) is 17.0. The molecule has 0 fully saturated rings. The lowest BCUT2D eigenvalue weighted by molar-refractivity contribution is 0.0954. The van der Waals surface area contributed by atoms with Crippen molar-refractivity contribution < 1.29 is 9.59 Å². The van der Waals surface area contributed by atoms with Gasteiger partial charge in [0.05, 0.1) is 23.5 Å². The van der Waals surface area contributed by atoms with E-state index in [0.29, 0.717) is 29.9 Å². The lowest BCUT2D eigenvalue weighted by Crippen LogP contribution is -2.25. The second-order valence-electron chi connectivity index (χ2n) is 7.04. The molecule has 2 N–H and O–H groups in total. The molecule has 150 valence electrons. The van der Waals surface area contributed by atoms with Gasteiger partial charge in [-0.05, 0) is 56.2 Å². The number of aromatic nitrogens is 2. The Labute approximate surface area is 170 Å². The van der Waals surface area contributed by atoms with Gasteiger partial charge >= 0.3 is 0 Å². The quantitative estimate of drug-likeness (QED) is 0.642. The minimum absolute atomic E-state index is 0.192. The van der Waals surface area contributed by atoms with Crippen LogP contribution in [0.1, 0.15) is 51.0 Å². The fourth-order valence-electron chi connectivity index (χ4n) is 3.09. The zero-order chi connectivity index (χ0) is 20.8. The zero-order valence-electron chi connectivity index (χ0n) is 17.0. The largest absolute Gasteiger partial charge is 0.352 e. The molecule has 0 radical (unpaired) electrons. The standard InChI is InChI=1S/C23H26N4O2/c1-4-13-24-23(29)20-7-5-6-8-21(20)25-22(28)19-11-9-18(10-12-19)15-27-17(3)14-16(2)26-27/h5-12,14H,4,13,15H2,1-3H3,(H,24,29)(H,25,28). The number of hydrogen-bond acceptors (Lipinski definition) is 3. The summed E-state index contributed by atoms with van der Waals surface area (Å²) in [6.45, 7) is 7.24. The number of nitrogens with one attached hydrogen (secondary N) is 2. The van der Waals surface area contributed by atoms with Crippen molar-refractivity contribution in [1.82, 2.24) is 15.1 Å². The van der Waals surface area contributed by atoms with Gasteiger partial charge in [0.15, 0.2) is 0 Å². The van der Waals surface area contributed by atoms with Crippen LogP contribution in [0.2, 0.25) is 0 Å². The van der Waals surface area contributed by atoms with Crippen LogP contribution in [0.3, 0.4) is 0 Å². The fraction of sp³-hybridized carbons (Fsp3) is 0.261. The molecular weight excluding hydrogens is 364 g/mol. The van der Waals surface area contributed by atoms with Crippen LogP contribution >= 0.6 is 0 Å². The smallest absolute Gasteiger partial charge is 0.255 e. The van der Waals surface area contributed by atoms with Crippen molar-refractivity contribution in [3.8, 4) is 0 Å². The average Bonchev–Trinajstić information content (AvgIpc) is 3.03. The second kappa shape index (κ2) is 9.19. The first kappa shape index (κ1) is 20.3. The molecule has 0 aliphatic heterocycles. The lowest BCUT2D eigenvalue weighted by Gasteiger charge is -2.11. The van der Waals surface area contributed by atoms with Crippen LogP contribution in [-0.2, 0) is 6.54 Å². The summed E-state index contributed by atoms with van der Waals surface area (Å²) in [5, 5.41) is 10.2. The second-order valence-corrected chi connectivity index (χ2v) is 7.04. The van der Waals surface area contributed by atoms with Crippen molar-refractivity contribution in [2.75, 3.05) is 11.9 Å². The number of anilines is 1. The van der Waals surface area contributed by atoms with Crippen LogP contribution in [0.15, 0.2) is 54.6 Å². The van der Waals surface area contributed by atoms with Gasteiger partial charge in [0.25, 0.3) is 11.8 Å². The number of aryl methyl sites for hydroxylation is 2. The Morgan fingerprint density at radius 3 is 2.38 bits per heavy atom. The molecular formula is C23H26N4O2. The van der Waals surface area contributed by atoms with Gasteiger partial charge < -0.3 is 10.6 Å². The van der Waals surface area contributed by atoms with Gasteiger partial charge in [-0.1, -0.05) is 31.2 Å². The lowest BCUT2D eigenvalue weighted by atomic mass is 10.1. The molecule has 1 heterocycles. The summed E-state index contributed by atoms with van der Waals surface area (Å²) >= 11 is 0. The van der Waals surface area contributed by atoms with E-state index in [9.17, 15) is 9.59 Å². The minimum atomic E-state index is -0.251. The Balaban J connectivity index is 1.70. The summed E-state index contributed by atoms with van der Waals surface area (Å²) in [5.41, 5.74) is 4.63. The Kier molecular flexibility index (Phi) is 6.44. The first-order valence-corrected chi connectivity index (χ1v) is 9.76. The summed E-state index contributed by atoms with van der Waals surface area (Å²) in [6, 6.07) is 16.5. The number of hydrogen-bond donors (Lipinski definition) is 2. The number of para-hydroxylation sites is 1. The maximum Gasteiger partial charge on any atom is 0.255 e. The van der Waals surface area contributed by atoms with Crippen LogP contribution in [0.5, 0.6) is 0 Å². The highest BCUT2D eigenvalue weighted by Gasteiger charge is 2.14. The molecule has 2 amide bonds. The number of rotatable bonds is 7. The fourth-order valence-corrected chi connectivity index (χ4v) is 3.09. The normalized spacial score (nSPS) is 10.6. The molecule has 6 heteroatoms. The van der Waals surface area contributed by atoms with E-state index >= 15 is 0 Å². The third kappa shape index (κ3) is 5.10. The van der Waals surface area contributed by atoms with E-state index in [1.54, 1.807) is 36.4 Å². The Morgan fingerprint density at radius 2 is 1.72 bits per heavy atom. The van der Waals surface area contributed by atoms with E-state index in [4.69, 9.17) is 0 Å². The van der Waals surface area contributed by atoms with E-state index in [-0.39, 0.29) is 11.8 Å². The maximum absolute atomic E-state index is 12.7. The van der Waals surface area contributed by atoms with Gasteiger partial charge in [-0.3, -0.25) is 14.3 Å². The molecule has 6 nitrogen and oxygen atoms in total.